The van der Waals surface area contributed by atoms with Crippen LogP contribution in [0.25, 0.3) is 0 Å². The van der Waals surface area contributed by atoms with E-state index in [2.05, 4.69) is 10.00 Å². The van der Waals surface area contributed by atoms with E-state index in [1.807, 2.05) is 0 Å². The molecule has 0 aliphatic carbocycles. The van der Waals surface area contributed by atoms with E-state index in [0.29, 0.717) is 6.54 Å². The van der Waals surface area contributed by atoms with E-state index in [9.17, 15) is 4.79 Å². The van der Waals surface area contributed by atoms with Crippen LogP contribution in [0.5, 0.6) is 0 Å². The Morgan fingerprint density at radius 2 is 2.19 bits per heavy atom. The van der Waals surface area contributed by atoms with Crippen molar-refractivity contribution in [2.75, 3.05) is 32.8 Å². The van der Waals surface area contributed by atoms with Gasteiger partial charge in [0.15, 0.2) is 0 Å². The van der Waals surface area contributed by atoms with Crippen molar-refractivity contribution in [3.05, 3.63) is 18.0 Å². The van der Waals surface area contributed by atoms with Gasteiger partial charge < -0.3 is 9.84 Å². The lowest BCUT2D eigenvalue weighted by Crippen LogP contribution is -2.38. The Morgan fingerprint density at radius 3 is 2.81 bits per heavy atom. The molecule has 0 bridgehead atoms. The normalized spacial score (nSPS) is 17.5. The Morgan fingerprint density at radius 1 is 1.44 bits per heavy atom. The van der Waals surface area contributed by atoms with Crippen LogP contribution in [0.15, 0.2) is 12.4 Å². The zero-order valence-electron chi connectivity index (χ0n) is 9.00. The molecule has 0 saturated carbocycles. The molecule has 1 fully saturated rings. The predicted octanol–water partition coefficient (Wildman–Crippen LogP) is -0.0865. The van der Waals surface area contributed by atoms with Crippen LogP contribution in [0.1, 0.15) is 10.4 Å². The first-order valence-corrected chi connectivity index (χ1v) is 5.31. The second-order valence-corrected chi connectivity index (χ2v) is 3.75. The minimum Gasteiger partial charge on any atom is -0.478 e. The first-order chi connectivity index (χ1) is 7.75. The molecule has 1 saturated heterocycles. The third kappa shape index (κ3) is 2.80. The molecule has 0 radical (unpaired) electrons. The maximum absolute atomic E-state index is 10.6. The average Bonchev–Trinajstić information content (AvgIpc) is 2.76. The van der Waals surface area contributed by atoms with Crippen LogP contribution < -0.4 is 0 Å². The lowest BCUT2D eigenvalue weighted by Gasteiger charge is -2.26. The van der Waals surface area contributed by atoms with Crippen LogP contribution >= 0.6 is 0 Å². The summed E-state index contributed by atoms with van der Waals surface area (Å²) in [7, 11) is 0. The molecule has 2 rings (SSSR count). The molecule has 0 aromatic carbocycles. The number of carbonyl (C=O) groups is 1. The molecule has 0 spiro atoms. The third-order valence-electron chi connectivity index (χ3n) is 2.63. The van der Waals surface area contributed by atoms with Crippen molar-refractivity contribution in [3.63, 3.8) is 0 Å². The number of rotatable bonds is 4. The third-order valence-corrected chi connectivity index (χ3v) is 2.63. The molecule has 6 heteroatoms. The van der Waals surface area contributed by atoms with Crippen LogP contribution in [-0.2, 0) is 11.3 Å². The molecular formula is C10H15N3O3. The Bertz CT molecular complexity index is 358. The molecule has 1 aromatic rings. The number of aromatic nitrogens is 2. The van der Waals surface area contributed by atoms with Gasteiger partial charge in [-0.1, -0.05) is 0 Å². The molecule has 88 valence electrons. The number of aromatic carboxylic acids is 1. The smallest absolute Gasteiger partial charge is 0.338 e. The van der Waals surface area contributed by atoms with Crippen molar-refractivity contribution >= 4 is 5.97 Å². The van der Waals surface area contributed by atoms with E-state index < -0.39 is 5.97 Å². The van der Waals surface area contributed by atoms with Crippen molar-refractivity contribution in [1.29, 1.82) is 0 Å². The van der Waals surface area contributed by atoms with Gasteiger partial charge in [0.1, 0.15) is 0 Å². The summed E-state index contributed by atoms with van der Waals surface area (Å²) in [6, 6.07) is 0. The number of hydrogen-bond donors (Lipinski definition) is 1. The van der Waals surface area contributed by atoms with Gasteiger partial charge in [-0.05, 0) is 0 Å². The molecule has 2 heterocycles. The summed E-state index contributed by atoms with van der Waals surface area (Å²) in [5, 5.41) is 12.7. The summed E-state index contributed by atoms with van der Waals surface area (Å²) < 4.78 is 6.91. The second kappa shape index (κ2) is 5.09. The number of morpholine rings is 1. The number of ether oxygens (including phenoxy) is 1. The van der Waals surface area contributed by atoms with E-state index in [4.69, 9.17) is 9.84 Å². The molecule has 0 unspecified atom stereocenters. The van der Waals surface area contributed by atoms with Gasteiger partial charge >= 0.3 is 5.97 Å². The highest BCUT2D eigenvalue weighted by Crippen LogP contribution is 2.00. The van der Waals surface area contributed by atoms with E-state index in [1.54, 1.807) is 10.9 Å². The molecular weight excluding hydrogens is 210 g/mol. The van der Waals surface area contributed by atoms with Gasteiger partial charge in [0.25, 0.3) is 0 Å². The van der Waals surface area contributed by atoms with Gasteiger partial charge in [-0.25, -0.2) is 4.79 Å². The number of carboxylic acids is 1. The summed E-state index contributed by atoms with van der Waals surface area (Å²) in [6.45, 7) is 5.02. The Kier molecular flexibility index (Phi) is 3.53. The maximum Gasteiger partial charge on any atom is 0.338 e. The standard InChI is InChI=1S/C10H15N3O3/c14-10(15)9-7-11-13(8-9)2-1-12-3-5-16-6-4-12/h7-8H,1-6H2,(H,14,15). The minimum atomic E-state index is -0.933. The highest BCUT2D eigenvalue weighted by atomic mass is 16.5. The number of hydrogen-bond acceptors (Lipinski definition) is 4. The van der Waals surface area contributed by atoms with Crippen molar-refractivity contribution in [2.45, 2.75) is 6.54 Å². The Hall–Kier alpha value is -1.40. The Labute approximate surface area is 93.4 Å². The van der Waals surface area contributed by atoms with Gasteiger partial charge in [-0.2, -0.15) is 5.10 Å². The quantitative estimate of drug-likeness (QED) is 0.776. The van der Waals surface area contributed by atoms with Crippen LogP contribution in [0.4, 0.5) is 0 Å². The topological polar surface area (TPSA) is 67.6 Å². The van der Waals surface area contributed by atoms with Crippen LogP contribution in [0.2, 0.25) is 0 Å². The fourth-order valence-corrected chi connectivity index (χ4v) is 1.66. The lowest BCUT2D eigenvalue weighted by molar-refractivity contribution is 0.0359. The molecule has 0 atom stereocenters. The van der Waals surface area contributed by atoms with Gasteiger partial charge in [-0.3, -0.25) is 9.58 Å². The van der Waals surface area contributed by atoms with E-state index in [-0.39, 0.29) is 5.56 Å². The summed E-state index contributed by atoms with van der Waals surface area (Å²) in [4.78, 5) is 12.9. The Balaban J connectivity index is 1.81. The molecule has 16 heavy (non-hydrogen) atoms. The second-order valence-electron chi connectivity index (χ2n) is 3.75. The van der Waals surface area contributed by atoms with Crippen molar-refractivity contribution in [3.8, 4) is 0 Å². The maximum atomic E-state index is 10.6. The summed E-state index contributed by atoms with van der Waals surface area (Å²) in [5.41, 5.74) is 0.238. The van der Waals surface area contributed by atoms with Crippen molar-refractivity contribution < 1.29 is 14.6 Å². The summed E-state index contributed by atoms with van der Waals surface area (Å²) >= 11 is 0. The van der Waals surface area contributed by atoms with Gasteiger partial charge in [-0.15, -0.1) is 0 Å². The molecule has 0 amide bonds. The molecule has 1 aliphatic rings. The largest absolute Gasteiger partial charge is 0.478 e. The first-order valence-electron chi connectivity index (χ1n) is 5.31. The number of carboxylic acid groups (broad SMARTS) is 1. The minimum absolute atomic E-state index is 0.238. The lowest BCUT2D eigenvalue weighted by atomic mass is 10.4. The molecule has 1 aromatic heterocycles. The van der Waals surface area contributed by atoms with Crippen molar-refractivity contribution in [2.24, 2.45) is 0 Å². The highest BCUT2D eigenvalue weighted by Gasteiger charge is 2.11. The SMILES string of the molecule is O=C(O)c1cnn(CCN2CCOCC2)c1. The van der Waals surface area contributed by atoms with Gasteiger partial charge in [0.05, 0.1) is 31.5 Å². The fourth-order valence-electron chi connectivity index (χ4n) is 1.66. The van der Waals surface area contributed by atoms with E-state index in [1.165, 1.54) is 6.20 Å². The van der Waals surface area contributed by atoms with Crippen molar-refractivity contribution in [1.82, 2.24) is 14.7 Å². The van der Waals surface area contributed by atoms with Crippen LogP contribution in [0.3, 0.4) is 0 Å². The predicted molar refractivity (Wildman–Crippen MR) is 56.4 cm³/mol. The zero-order chi connectivity index (χ0) is 11.4. The van der Waals surface area contributed by atoms with E-state index >= 15 is 0 Å². The highest BCUT2D eigenvalue weighted by molar-refractivity contribution is 5.86. The van der Waals surface area contributed by atoms with E-state index in [0.717, 1.165) is 32.8 Å². The fraction of sp³-hybridized carbons (Fsp3) is 0.600. The molecule has 1 N–H and O–H groups in total. The molecule has 6 nitrogen and oxygen atoms in total. The number of nitrogens with zero attached hydrogens (tertiary/aromatic N) is 3. The first kappa shape index (κ1) is 11.1. The van der Waals surface area contributed by atoms with Crippen LogP contribution in [0, 0.1) is 0 Å². The molecule has 1 aliphatic heterocycles. The summed E-state index contributed by atoms with van der Waals surface area (Å²) in [6.07, 6.45) is 2.93. The summed E-state index contributed by atoms with van der Waals surface area (Å²) in [5.74, 6) is -0.933. The van der Waals surface area contributed by atoms with Gasteiger partial charge in [0, 0.05) is 25.8 Å². The van der Waals surface area contributed by atoms with Gasteiger partial charge in [0.2, 0.25) is 0 Å². The monoisotopic (exact) mass is 225 g/mol. The zero-order valence-corrected chi connectivity index (χ0v) is 9.00. The van der Waals surface area contributed by atoms with Crippen LogP contribution in [-0.4, -0.2) is 58.6 Å². The average molecular weight is 225 g/mol.